The van der Waals surface area contributed by atoms with E-state index in [1.807, 2.05) is 19.0 Å². The molecule has 1 aromatic rings. The van der Waals surface area contributed by atoms with Crippen molar-refractivity contribution in [2.75, 3.05) is 34.2 Å². The predicted molar refractivity (Wildman–Crippen MR) is 71.5 cm³/mol. The lowest BCUT2D eigenvalue weighted by Gasteiger charge is -2.20. The van der Waals surface area contributed by atoms with Crippen LogP contribution in [0.15, 0.2) is 10.7 Å². The number of nitrogens with zero attached hydrogens (tertiary/aromatic N) is 2. The zero-order chi connectivity index (χ0) is 14.0. The molecular formula is C14H20N2O3. The maximum Gasteiger partial charge on any atom is 0.257 e. The van der Waals surface area contributed by atoms with Crippen molar-refractivity contribution in [3.63, 3.8) is 0 Å². The molecule has 0 bridgehead atoms. The molecule has 0 aliphatic heterocycles. The van der Waals surface area contributed by atoms with Gasteiger partial charge in [0, 0.05) is 33.0 Å². The molecule has 1 heterocycles. The molecule has 2 rings (SSSR count). The molecule has 1 aromatic heterocycles. The summed E-state index contributed by atoms with van der Waals surface area (Å²) in [5.74, 6) is 0.557. The van der Waals surface area contributed by atoms with Crippen LogP contribution in [0.3, 0.4) is 0 Å². The molecule has 104 valence electrons. The summed E-state index contributed by atoms with van der Waals surface area (Å²) in [5.41, 5.74) is 0.925. The average molecular weight is 264 g/mol. The van der Waals surface area contributed by atoms with Crippen LogP contribution in [0.1, 0.15) is 39.3 Å². The minimum atomic E-state index is -0.137. The van der Waals surface area contributed by atoms with Crippen LogP contribution < -0.4 is 0 Å². The number of furan rings is 1. The SMILES string of the molecule is CN(C)CCN(C)C(=O)c1coc2c1C(=O)CCC2. The molecule has 0 fully saturated rings. The molecule has 5 heteroatoms. The Bertz CT molecular complexity index is 491. The van der Waals surface area contributed by atoms with Gasteiger partial charge in [-0.25, -0.2) is 0 Å². The minimum Gasteiger partial charge on any atom is -0.468 e. The van der Waals surface area contributed by atoms with E-state index >= 15 is 0 Å². The van der Waals surface area contributed by atoms with Crippen LogP contribution in [-0.4, -0.2) is 55.7 Å². The third-order valence-corrected chi connectivity index (χ3v) is 3.41. The minimum absolute atomic E-state index is 0.0272. The number of hydrogen-bond acceptors (Lipinski definition) is 4. The Morgan fingerprint density at radius 1 is 1.26 bits per heavy atom. The number of carbonyl (C=O) groups is 2. The van der Waals surface area contributed by atoms with E-state index < -0.39 is 0 Å². The highest BCUT2D eigenvalue weighted by molar-refractivity contribution is 6.09. The quantitative estimate of drug-likeness (QED) is 0.825. The Morgan fingerprint density at radius 3 is 2.68 bits per heavy atom. The van der Waals surface area contributed by atoms with Crippen molar-refractivity contribution >= 4 is 11.7 Å². The average Bonchev–Trinajstić information content (AvgIpc) is 2.80. The van der Waals surface area contributed by atoms with Gasteiger partial charge in [-0.15, -0.1) is 0 Å². The Morgan fingerprint density at radius 2 is 2.00 bits per heavy atom. The van der Waals surface area contributed by atoms with Crippen molar-refractivity contribution in [2.24, 2.45) is 0 Å². The molecular weight excluding hydrogens is 244 g/mol. The second-order valence-corrected chi connectivity index (χ2v) is 5.25. The summed E-state index contributed by atoms with van der Waals surface area (Å²) in [7, 11) is 5.67. The molecule has 0 atom stereocenters. The summed E-state index contributed by atoms with van der Waals surface area (Å²) in [6.07, 6.45) is 3.50. The van der Waals surface area contributed by atoms with E-state index in [2.05, 4.69) is 0 Å². The molecule has 5 nitrogen and oxygen atoms in total. The first-order valence-electron chi connectivity index (χ1n) is 6.54. The number of likely N-dealkylation sites (N-methyl/N-ethyl adjacent to an activating group) is 2. The van der Waals surface area contributed by atoms with Crippen molar-refractivity contribution < 1.29 is 14.0 Å². The van der Waals surface area contributed by atoms with Gasteiger partial charge in [-0.3, -0.25) is 9.59 Å². The molecule has 0 spiro atoms. The van der Waals surface area contributed by atoms with Gasteiger partial charge in [0.05, 0.1) is 11.1 Å². The van der Waals surface area contributed by atoms with Crippen LogP contribution >= 0.6 is 0 Å². The molecule has 0 saturated carbocycles. The maximum atomic E-state index is 12.3. The summed E-state index contributed by atoms with van der Waals surface area (Å²) in [4.78, 5) is 27.9. The third kappa shape index (κ3) is 2.87. The van der Waals surface area contributed by atoms with E-state index in [-0.39, 0.29) is 11.7 Å². The molecule has 1 aliphatic rings. The number of Topliss-reactive ketones (excluding diaryl/α,β-unsaturated/α-hetero) is 1. The molecule has 0 saturated heterocycles. The molecule has 1 amide bonds. The Labute approximate surface area is 113 Å². The number of aryl methyl sites for hydroxylation is 1. The fraction of sp³-hybridized carbons (Fsp3) is 0.571. The van der Waals surface area contributed by atoms with E-state index in [1.54, 1.807) is 11.9 Å². The van der Waals surface area contributed by atoms with Crippen LogP contribution in [0.25, 0.3) is 0 Å². The second-order valence-electron chi connectivity index (χ2n) is 5.25. The second kappa shape index (κ2) is 5.57. The van der Waals surface area contributed by atoms with Crippen molar-refractivity contribution in [1.29, 1.82) is 0 Å². The van der Waals surface area contributed by atoms with Crippen LogP contribution in [0, 0.1) is 0 Å². The lowest BCUT2D eigenvalue weighted by atomic mass is 9.94. The van der Waals surface area contributed by atoms with E-state index in [4.69, 9.17) is 4.42 Å². The number of ketones is 1. The predicted octanol–water partition coefficient (Wildman–Crippen LogP) is 1.43. The van der Waals surface area contributed by atoms with E-state index in [1.165, 1.54) is 6.26 Å². The largest absolute Gasteiger partial charge is 0.468 e. The lowest BCUT2D eigenvalue weighted by molar-refractivity contribution is 0.0779. The number of hydrogen-bond donors (Lipinski definition) is 0. The van der Waals surface area contributed by atoms with Gasteiger partial charge in [0.2, 0.25) is 0 Å². The molecule has 0 radical (unpaired) electrons. The maximum absolute atomic E-state index is 12.3. The van der Waals surface area contributed by atoms with Gasteiger partial charge in [0.15, 0.2) is 5.78 Å². The molecule has 19 heavy (non-hydrogen) atoms. The van der Waals surface area contributed by atoms with Gasteiger partial charge in [0.1, 0.15) is 12.0 Å². The molecule has 0 aromatic carbocycles. The molecule has 0 unspecified atom stereocenters. The number of carbonyl (C=O) groups excluding carboxylic acids is 2. The molecule has 0 N–H and O–H groups in total. The standard InChI is InChI=1S/C14H20N2O3/c1-15(2)7-8-16(3)14(18)10-9-19-12-6-4-5-11(17)13(10)12/h9H,4-8H2,1-3H3. The van der Waals surface area contributed by atoms with Gasteiger partial charge in [-0.05, 0) is 20.5 Å². The first-order valence-corrected chi connectivity index (χ1v) is 6.54. The van der Waals surface area contributed by atoms with Crippen LogP contribution in [0.4, 0.5) is 0 Å². The zero-order valence-corrected chi connectivity index (χ0v) is 11.7. The summed E-state index contributed by atoms with van der Waals surface area (Å²) in [5, 5.41) is 0. The van der Waals surface area contributed by atoms with Gasteiger partial charge in [-0.2, -0.15) is 0 Å². The highest BCUT2D eigenvalue weighted by atomic mass is 16.3. The topological polar surface area (TPSA) is 53.8 Å². The van der Waals surface area contributed by atoms with E-state index in [0.29, 0.717) is 29.9 Å². The van der Waals surface area contributed by atoms with Gasteiger partial charge in [0.25, 0.3) is 5.91 Å². The fourth-order valence-electron chi connectivity index (χ4n) is 2.24. The lowest BCUT2D eigenvalue weighted by Crippen LogP contribution is -2.34. The number of amides is 1. The van der Waals surface area contributed by atoms with Gasteiger partial charge in [-0.1, -0.05) is 0 Å². The highest BCUT2D eigenvalue weighted by Gasteiger charge is 2.28. The van der Waals surface area contributed by atoms with Crippen molar-refractivity contribution in [2.45, 2.75) is 19.3 Å². The van der Waals surface area contributed by atoms with Crippen molar-refractivity contribution in [3.8, 4) is 0 Å². The fourth-order valence-corrected chi connectivity index (χ4v) is 2.24. The Balaban J connectivity index is 2.16. The Hall–Kier alpha value is -1.62. The number of fused-ring (bicyclic) bond motifs is 1. The van der Waals surface area contributed by atoms with Crippen molar-refractivity contribution in [3.05, 3.63) is 23.2 Å². The summed E-state index contributed by atoms with van der Waals surface area (Å²) >= 11 is 0. The van der Waals surface area contributed by atoms with Crippen LogP contribution in [0.2, 0.25) is 0 Å². The van der Waals surface area contributed by atoms with E-state index in [9.17, 15) is 9.59 Å². The normalized spacial score (nSPS) is 14.6. The molecule has 1 aliphatic carbocycles. The number of rotatable bonds is 4. The summed E-state index contributed by atoms with van der Waals surface area (Å²) in [6.45, 7) is 1.41. The zero-order valence-electron chi connectivity index (χ0n) is 11.7. The smallest absolute Gasteiger partial charge is 0.257 e. The van der Waals surface area contributed by atoms with Crippen molar-refractivity contribution in [1.82, 2.24) is 9.80 Å². The Kier molecular flexibility index (Phi) is 4.04. The highest BCUT2D eigenvalue weighted by Crippen LogP contribution is 2.26. The monoisotopic (exact) mass is 264 g/mol. The summed E-state index contributed by atoms with van der Waals surface area (Å²) in [6, 6.07) is 0. The summed E-state index contributed by atoms with van der Waals surface area (Å²) < 4.78 is 5.38. The first-order chi connectivity index (χ1) is 9.00. The van der Waals surface area contributed by atoms with Crippen LogP contribution in [0.5, 0.6) is 0 Å². The first kappa shape index (κ1) is 13.8. The third-order valence-electron chi connectivity index (χ3n) is 3.41. The van der Waals surface area contributed by atoms with E-state index in [0.717, 1.165) is 19.4 Å². The van der Waals surface area contributed by atoms with Gasteiger partial charge >= 0.3 is 0 Å². The van der Waals surface area contributed by atoms with Crippen LogP contribution in [-0.2, 0) is 6.42 Å². The van der Waals surface area contributed by atoms with Gasteiger partial charge < -0.3 is 14.2 Å².